The van der Waals surface area contributed by atoms with Crippen LogP contribution >= 0.6 is 24.0 Å². The molecule has 0 aliphatic carbocycles. The summed E-state index contributed by atoms with van der Waals surface area (Å²) in [5.74, 6) is 0. The molecule has 0 radical (unpaired) electrons. The molecule has 0 aromatic rings. The first-order valence-electron chi connectivity index (χ1n) is 1.55. The molecule has 0 atom stereocenters. The first kappa shape index (κ1) is 9.74. The lowest BCUT2D eigenvalue weighted by atomic mass is 10.9. The van der Waals surface area contributed by atoms with E-state index in [0.29, 0.717) is 12.7 Å². The van der Waals surface area contributed by atoms with Gasteiger partial charge in [-0.25, -0.2) is 0 Å². The highest BCUT2D eigenvalue weighted by atomic mass is 35.5. The first-order valence-corrected chi connectivity index (χ1v) is 2.09. The van der Waals surface area contributed by atoms with Crippen molar-refractivity contribution in [3.63, 3.8) is 0 Å². The van der Waals surface area contributed by atoms with Crippen LogP contribution in [0.15, 0.2) is 0 Å². The van der Waals surface area contributed by atoms with Crippen molar-refractivity contribution in [3.8, 4) is 0 Å². The summed E-state index contributed by atoms with van der Waals surface area (Å²) in [6, 6.07) is 0.316. The Labute approximate surface area is 49.0 Å². The molecule has 0 heterocycles. The molecule has 0 aromatic heterocycles. The second-order valence-corrected chi connectivity index (χ2v) is 0.820. The summed E-state index contributed by atoms with van der Waals surface area (Å²) in [5, 5.41) is 0. The molecule has 0 aliphatic heterocycles. The minimum absolute atomic E-state index is 0. The van der Waals surface area contributed by atoms with Crippen molar-refractivity contribution in [3.05, 3.63) is 0 Å². The lowest BCUT2D eigenvalue weighted by molar-refractivity contribution is 0.195. The summed E-state index contributed by atoms with van der Waals surface area (Å²) < 4.78 is 4.60. The van der Waals surface area contributed by atoms with Gasteiger partial charge in [0.2, 0.25) is 0 Å². The summed E-state index contributed by atoms with van der Waals surface area (Å²) in [6.45, 7) is 2.62. The number of rotatable bonds is 2. The number of halogens is 2. The molecule has 0 saturated carbocycles. The van der Waals surface area contributed by atoms with E-state index < -0.39 is 0 Å². The van der Waals surface area contributed by atoms with E-state index in [1.54, 1.807) is 0 Å². The minimum Gasteiger partial charge on any atom is -0.366 e. The van der Waals surface area contributed by atoms with Gasteiger partial charge in [-0.05, 0) is 6.92 Å². The van der Waals surface area contributed by atoms with Crippen LogP contribution in [0, 0.1) is 0 Å². The highest BCUT2D eigenvalue weighted by Gasteiger charge is 1.66. The van der Waals surface area contributed by atoms with Crippen molar-refractivity contribution in [2.45, 2.75) is 6.92 Å². The maximum absolute atomic E-state index is 5.08. The van der Waals surface area contributed by atoms with Gasteiger partial charge in [0.15, 0.2) is 0 Å². The highest BCUT2D eigenvalue weighted by Crippen LogP contribution is 1.73. The van der Waals surface area contributed by atoms with E-state index in [1.165, 1.54) is 0 Å². The van der Waals surface area contributed by atoms with Crippen molar-refractivity contribution >= 4 is 24.0 Å². The Hall–Kier alpha value is 0.540. The van der Waals surface area contributed by atoms with Gasteiger partial charge in [0.05, 0.1) is 0 Å². The van der Waals surface area contributed by atoms with Crippen molar-refractivity contribution in [2.24, 2.45) is 0 Å². The molecule has 0 unspecified atom stereocenters. The molecule has 0 spiro atoms. The molecule has 0 aromatic carbocycles. The molecule has 0 rings (SSSR count). The average molecular weight is 131 g/mol. The summed E-state index contributed by atoms with van der Waals surface area (Å²) in [5.41, 5.74) is 0. The van der Waals surface area contributed by atoms with Gasteiger partial charge in [0.1, 0.15) is 6.07 Å². The Morgan fingerprint density at radius 3 is 2.17 bits per heavy atom. The Balaban J connectivity index is 0. The predicted molar refractivity (Wildman–Crippen MR) is 29.6 cm³/mol. The zero-order valence-corrected chi connectivity index (χ0v) is 5.18. The number of hydrogen-bond acceptors (Lipinski definition) is 1. The number of ether oxygens (including phenoxy) is 1. The van der Waals surface area contributed by atoms with Gasteiger partial charge in [-0.1, -0.05) is 11.6 Å². The van der Waals surface area contributed by atoms with Crippen LogP contribution in [0.2, 0.25) is 0 Å². The van der Waals surface area contributed by atoms with Crippen LogP contribution in [0.25, 0.3) is 0 Å². The summed E-state index contributed by atoms with van der Waals surface area (Å²) in [4.78, 5) is 0. The van der Waals surface area contributed by atoms with Gasteiger partial charge in [-0.2, -0.15) is 0 Å². The van der Waals surface area contributed by atoms with E-state index >= 15 is 0 Å². The first-order chi connectivity index (χ1) is 2.41. The molecule has 3 heteroatoms. The quantitative estimate of drug-likeness (QED) is 0.517. The second kappa shape index (κ2) is 9.11. The molecule has 0 amide bonds. The Morgan fingerprint density at radius 1 is 1.67 bits per heavy atom. The van der Waals surface area contributed by atoms with Crippen LogP contribution in [0.4, 0.5) is 0 Å². The lowest BCUT2D eigenvalue weighted by Gasteiger charge is -1.84. The Bertz CT molecular complexity index is 16.3. The van der Waals surface area contributed by atoms with Crippen LogP contribution < -0.4 is 0 Å². The number of alkyl halides is 1. The molecule has 40 valence electrons. The van der Waals surface area contributed by atoms with Gasteiger partial charge in [-0.3, -0.25) is 0 Å². The molecular weight excluding hydrogens is 123 g/mol. The van der Waals surface area contributed by atoms with Crippen LogP contribution in [-0.2, 0) is 4.74 Å². The van der Waals surface area contributed by atoms with E-state index in [0.717, 1.165) is 0 Å². The summed E-state index contributed by atoms with van der Waals surface area (Å²) in [6.07, 6.45) is 0. The van der Waals surface area contributed by atoms with E-state index in [4.69, 9.17) is 11.6 Å². The average Bonchev–Trinajstić information content (AvgIpc) is 1.41. The van der Waals surface area contributed by atoms with Gasteiger partial charge >= 0.3 is 0 Å². The highest BCUT2D eigenvalue weighted by molar-refractivity contribution is 6.17. The van der Waals surface area contributed by atoms with Crippen LogP contribution in [0.1, 0.15) is 6.92 Å². The molecule has 0 bridgehead atoms. The van der Waals surface area contributed by atoms with Crippen molar-refractivity contribution < 1.29 is 4.74 Å². The third-order valence-corrected chi connectivity index (χ3v) is 0.436. The van der Waals surface area contributed by atoms with E-state index in [2.05, 4.69) is 4.74 Å². The number of hydrogen-bond donors (Lipinski definition) is 0. The molecular formula is C3H8Cl2O. The van der Waals surface area contributed by atoms with Crippen molar-refractivity contribution in [1.82, 2.24) is 0 Å². The molecule has 0 N–H and O–H groups in total. The van der Waals surface area contributed by atoms with E-state index in [9.17, 15) is 0 Å². The van der Waals surface area contributed by atoms with Crippen LogP contribution in [0.3, 0.4) is 0 Å². The van der Waals surface area contributed by atoms with E-state index in [-0.39, 0.29) is 12.4 Å². The van der Waals surface area contributed by atoms with Gasteiger partial charge in [0.25, 0.3) is 0 Å². The predicted octanol–water partition coefficient (Wildman–Crippen LogP) is 1.64. The minimum atomic E-state index is 0. The van der Waals surface area contributed by atoms with Crippen LogP contribution in [-0.4, -0.2) is 12.7 Å². The molecule has 0 aliphatic rings. The zero-order valence-electron chi connectivity index (χ0n) is 3.61. The second-order valence-electron chi connectivity index (χ2n) is 0.602. The zero-order chi connectivity index (χ0) is 4.12. The summed E-state index contributed by atoms with van der Waals surface area (Å²) >= 11 is 5.08. The Kier molecular flexibility index (Phi) is 14.8. The van der Waals surface area contributed by atoms with Crippen LogP contribution in [0.5, 0.6) is 0 Å². The van der Waals surface area contributed by atoms with Gasteiger partial charge in [0, 0.05) is 6.61 Å². The summed E-state index contributed by atoms with van der Waals surface area (Å²) in [7, 11) is 0. The van der Waals surface area contributed by atoms with Gasteiger partial charge < -0.3 is 4.74 Å². The fourth-order valence-electron chi connectivity index (χ4n) is 0.0772. The smallest absolute Gasteiger partial charge is 0.120 e. The maximum Gasteiger partial charge on any atom is 0.120 e. The maximum atomic E-state index is 5.08. The normalized spacial score (nSPS) is 7.00. The lowest BCUT2D eigenvalue weighted by Crippen LogP contribution is -1.81. The topological polar surface area (TPSA) is 9.23 Å². The molecule has 0 saturated heterocycles. The van der Waals surface area contributed by atoms with E-state index in [1.807, 2.05) is 6.92 Å². The fourth-order valence-corrected chi connectivity index (χ4v) is 0.231. The van der Waals surface area contributed by atoms with Gasteiger partial charge in [-0.15, -0.1) is 12.4 Å². The standard InChI is InChI=1S/C3H7ClO.ClH/c1-2-5-3-4;/h2-3H2,1H3;1H. The third kappa shape index (κ3) is 8.82. The molecule has 0 fully saturated rings. The molecule has 1 nitrogen and oxygen atoms in total. The monoisotopic (exact) mass is 130 g/mol. The molecule has 6 heavy (non-hydrogen) atoms. The fraction of sp³-hybridized carbons (Fsp3) is 1.00. The third-order valence-electron chi connectivity index (χ3n) is 0.281. The largest absolute Gasteiger partial charge is 0.366 e. The van der Waals surface area contributed by atoms with Crippen molar-refractivity contribution in [1.29, 1.82) is 0 Å². The Morgan fingerprint density at radius 2 is 2.17 bits per heavy atom. The SMILES string of the molecule is CCOCCl.Cl. The van der Waals surface area contributed by atoms with Crippen molar-refractivity contribution in [2.75, 3.05) is 12.7 Å².